The molecule has 0 spiro atoms. The van der Waals surface area contributed by atoms with Gasteiger partial charge in [-0.1, -0.05) is 17.7 Å². The lowest BCUT2D eigenvalue weighted by atomic mass is 10.3. The minimum Gasteiger partial charge on any atom is -0.259 e. The number of hydrogen-bond donors (Lipinski definition) is 0. The van der Waals surface area contributed by atoms with Gasteiger partial charge in [-0.05, 0) is 23.9 Å². The summed E-state index contributed by atoms with van der Waals surface area (Å²) in [5, 5.41) is 4.10. The zero-order chi connectivity index (χ0) is 7.84. The van der Waals surface area contributed by atoms with E-state index in [0.717, 1.165) is 16.7 Å². The molecule has 0 saturated heterocycles. The lowest BCUT2D eigenvalue weighted by Crippen LogP contribution is -1.94. The third-order valence-corrected chi connectivity index (χ3v) is 2.47. The zero-order valence-electron chi connectivity index (χ0n) is 5.37. The molecule has 0 aromatic heterocycles. The highest BCUT2D eigenvalue weighted by Gasteiger charge is 2.22. The van der Waals surface area contributed by atoms with E-state index in [9.17, 15) is 4.79 Å². The Balaban J connectivity index is 2.57. The van der Waals surface area contributed by atoms with Crippen LogP contribution in [0.4, 0.5) is 10.5 Å². The minimum atomic E-state index is -0.187. The first-order chi connectivity index (χ1) is 5.27. The number of carbonyl (C=O) groups excluding carboxylic acids is 1. The van der Waals surface area contributed by atoms with E-state index in [4.69, 9.17) is 11.6 Å². The molecule has 0 aliphatic carbocycles. The monoisotopic (exact) mass is 184 g/mol. The number of amides is 1. The predicted molar refractivity (Wildman–Crippen MR) is 44.5 cm³/mol. The van der Waals surface area contributed by atoms with Gasteiger partial charge < -0.3 is 0 Å². The van der Waals surface area contributed by atoms with Crippen LogP contribution in [0.15, 0.2) is 23.1 Å². The van der Waals surface area contributed by atoms with E-state index >= 15 is 0 Å². The van der Waals surface area contributed by atoms with Gasteiger partial charge >= 0.3 is 5.24 Å². The van der Waals surface area contributed by atoms with E-state index < -0.39 is 0 Å². The van der Waals surface area contributed by atoms with Gasteiger partial charge in [-0.2, -0.15) is 0 Å². The van der Waals surface area contributed by atoms with E-state index in [1.807, 2.05) is 12.1 Å². The van der Waals surface area contributed by atoms with Crippen LogP contribution in [0.2, 0.25) is 5.02 Å². The molecule has 1 aliphatic rings. The van der Waals surface area contributed by atoms with Crippen molar-refractivity contribution < 1.29 is 4.79 Å². The molecule has 0 fully saturated rings. The molecule has 1 radical (unpaired) electrons. The van der Waals surface area contributed by atoms with Gasteiger partial charge in [0.25, 0.3) is 0 Å². The van der Waals surface area contributed by atoms with Crippen molar-refractivity contribution in [2.75, 3.05) is 0 Å². The van der Waals surface area contributed by atoms with Crippen LogP contribution in [0.5, 0.6) is 0 Å². The average molecular weight is 185 g/mol. The lowest BCUT2D eigenvalue weighted by Gasteiger charge is -1.95. The molecule has 0 bridgehead atoms. The van der Waals surface area contributed by atoms with Crippen molar-refractivity contribution >= 4 is 34.3 Å². The number of nitrogens with zero attached hydrogens (tertiary/aromatic N) is 1. The molecule has 1 aromatic rings. The van der Waals surface area contributed by atoms with E-state index in [1.165, 1.54) is 0 Å². The second-order valence-electron chi connectivity index (χ2n) is 2.07. The number of carbonyl (C=O) groups is 1. The maximum atomic E-state index is 10.8. The Morgan fingerprint density at radius 1 is 1.45 bits per heavy atom. The number of benzene rings is 1. The Morgan fingerprint density at radius 2 is 2.27 bits per heavy atom. The van der Waals surface area contributed by atoms with Crippen molar-refractivity contribution in [3.63, 3.8) is 0 Å². The van der Waals surface area contributed by atoms with Crippen LogP contribution in [0.25, 0.3) is 0 Å². The van der Waals surface area contributed by atoms with Crippen molar-refractivity contribution in [1.29, 1.82) is 0 Å². The Hall–Kier alpha value is -0.670. The average Bonchev–Trinajstić information content (AvgIpc) is 2.31. The largest absolute Gasteiger partial charge is 0.310 e. The van der Waals surface area contributed by atoms with Crippen LogP contribution >= 0.6 is 23.4 Å². The van der Waals surface area contributed by atoms with Gasteiger partial charge in [0.1, 0.15) is 5.69 Å². The van der Waals surface area contributed by atoms with Gasteiger partial charge in [0.05, 0.1) is 5.02 Å². The summed E-state index contributed by atoms with van der Waals surface area (Å²) in [4.78, 5) is 11.6. The summed E-state index contributed by atoms with van der Waals surface area (Å²) in [5.41, 5.74) is 0.615. The Kier molecular flexibility index (Phi) is 1.55. The van der Waals surface area contributed by atoms with Crippen molar-refractivity contribution in [2.45, 2.75) is 4.90 Å². The van der Waals surface area contributed by atoms with Crippen molar-refractivity contribution in [3.05, 3.63) is 23.2 Å². The summed E-state index contributed by atoms with van der Waals surface area (Å²) in [6.45, 7) is 0. The van der Waals surface area contributed by atoms with Gasteiger partial charge in [0, 0.05) is 4.90 Å². The zero-order valence-corrected chi connectivity index (χ0v) is 6.95. The van der Waals surface area contributed by atoms with Crippen LogP contribution in [0, 0.1) is 0 Å². The fourth-order valence-electron chi connectivity index (χ4n) is 0.895. The van der Waals surface area contributed by atoms with Crippen LogP contribution in [-0.4, -0.2) is 5.24 Å². The van der Waals surface area contributed by atoms with Crippen molar-refractivity contribution in [1.82, 2.24) is 5.32 Å². The molecule has 1 aliphatic heterocycles. The molecule has 1 aromatic carbocycles. The smallest absolute Gasteiger partial charge is 0.259 e. The highest BCUT2D eigenvalue weighted by Crippen LogP contribution is 2.39. The maximum absolute atomic E-state index is 10.8. The number of halogens is 1. The lowest BCUT2D eigenvalue weighted by molar-refractivity contribution is 0.264. The summed E-state index contributed by atoms with van der Waals surface area (Å²) >= 11 is 6.89. The molecule has 0 unspecified atom stereocenters. The predicted octanol–water partition coefficient (Wildman–Crippen LogP) is 2.80. The van der Waals surface area contributed by atoms with Crippen molar-refractivity contribution in [3.8, 4) is 0 Å². The topological polar surface area (TPSA) is 31.2 Å². The number of hydrogen-bond acceptors (Lipinski definition) is 2. The van der Waals surface area contributed by atoms with E-state index in [-0.39, 0.29) is 5.24 Å². The van der Waals surface area contributed by atoms with Crippen molar-refractivity contribution in [2.24, 2.45) is 0 Å². The first kappa shape index (κ1) is 7.00. The van der Waals surface area contributed by atoms with Gasteiger partial charge in [-0.3, -0.25) is 4.79 Å². The highest BCUT2D eigenvalue weighted by atomic mass is 35.5. The summed E-state index contributed by atoms with van der Waals surface area (Å²) in [6, 6.07) is 5.37. The van der Waals surface area contributed by atoms with Gasteiger partial charge in [0.15, 0.2) is 0 Å². The van der Waals surface area contributed by atoms with E-state index in [2.05, 4.69) is 5.32 Å². The van der Waals surface area contributed by atoms with Gasteiger partial charge in [-0.15, -0.1) is 0 Å². The van der Waals surface area contributed by atoms with Gasteiger partial charge in [-0.25, -0.2) is 5.32 Å². The quantitative estimate of drug-likeness (QED) is 0.621. The van der Waals surface area contributed by atoms with Crippen LogP contribution < -0.4 is 5.32 Å². The fraction of sp³-hybridized carbons (Fsp3) is 0. The molecule has 4 heteroatoms. The summed E-state index contributed by atoms with van der Waals surface area (Å²) in [5.74, 6) is 0. The normalized spacial score (nSPS) is 14.5. The number of fused-ring (bicyclic) bond motifs is 1. The Bertz CT molecular complexity index is 326. The van der Waals surface area contributed by atoms with Crippen LogP contribution in [0.1, 0.15) is 0 Å². The second kappa shape index (κ2) is 2.43. The molecule has 0 N–H and O–H groups in total. The summed E-state index contributed by atoms with van der Waals surface area (Å²) in [6.07, 6.45) is 0. The number of rotatable bonds is 0. The molecular weight excluding hydrogens is 182 g/mol. The molecule has 2 rings (SSSR count). The highest BCUT2D eigenvalue weighted by molar-refractivity contribution is 8.14. The minimum absolute atomic E-state index is 0.187. The van der Waals surface area contributed by atoms with Gasteiger partial charge in [0.2, 0.25) is 0 Å². The molecule has 55 valence electrons. The molecule has 0 saturated carbocycles. The first-order valence-electron chi connectivity index (χ1n) is 2.99. The third-order valence-electron chi connectivity index (χ3n) is 1.35. The van der Waals surface area contributed by atoms with Crippen LogP contribution in [-0.2, 0) is 0 Å². The maximum Gasteiger partial charge on any atom is 0.310 e. The Morgan fingerprint density at radius 3 is 3.00 bits per heavy atom. The number of thioether (sulfide) groups is 1. The van der Waals surface area contributed by atoms with Crippen LogP contribution in [0.3, 0.4) is 0 Å². The fourth-order valence-corrected chi connectivity index (χ4v) is 1.89. The van der Waals surface area contributed by atoms with E-state index in [1.54, 1.807) is 6.07 Å². The standard InChI is InChI=1S/C7H3ClNOS/c8-4-2-1-3-5-6(4)9-7(10)11-5/h1-3H. The summed E-state index contributed by atoms with van der Waals surface area (Å²) < 4.78 is 0. The van der Waals surface area contributed by atoms with E-state index in [0.29, 0.717) is 10.7 Å². The molecular formula is C7H3ClNOS. The molecule has 11 heavy (non-hydrogen) atoms. The molecule has 0 atom stereocenters. The first-order valence-corrected chi connectivity index (χ1v) is 4.19. The Labute approximate surface area is 72.9 Å². The third kappa shape index (κ3) is 1.10. The number of para-hydroxylation sites is 1. The molecule has 2 nitrogen and oxygen atoms in total. The molecule has 1 heterocycles. The molecule has 1 amide bonds. The SMILES string of the molecule is O=C1[N]c2c(Cl)cccc2S1. The summed E-state index contributed by atoms with van der Waals surface area (Å²) in [7, 11) is 0. The second-order valence-corrected chi connectivity index (χ2v) is 3.47.